The Kier molecular flexibility index (Phi) is 6.76. The van der Waals surface area contributed by atoms with Gasteiger partial charge in [0.1, 0.15) is 0 Å². The van der Waals surface area contributed by atoms with Crippen molar-refractivity contribution in [2.75, 3.05) is 4.90 Å². The van der Waals surface area contributed by atoms with Crippen molar-refractivity contribution in [3.05, 3.63) is 222 Å². The van der Waals surface area contributed by atoms with E-state index in [1.165, 1.54) is 55.3 Å². The van der Waals surface area contributed by atoms with Crippen LogP contribution in [0.4, 0.5) is 17.1 Å². The van der Waals surface area contributed by atoms with Crippen molar-refractivity contribution in [2.24, 2.45) is 0 Å². The summed E-state index contributed by atoms with van der Waals surface area (Å²) in [6, 6.07) is 73.0. The summed E-state index contributed by atoms with van der Waals surface area (Å²) in [4.78, 5) is 2.48. The Labute approximate surface area is 282 Å². The molecule has 1 nitrogen and oxygen atoms in total. The lowest BCUT2D eigenvalue weighted by Crippen LogP contribution is -2.30. The Morgan fingerprint density at radius 2 is 0.917 bits per heavy atom. The molecule has 0 bridgehead atoms. The number of para-hydroxylation sites is 2. The minimum absolute atomic E-state index is 0.567. The fraction of sp³-hybridized carbons (Fsp3) is 0.0213. The molecular formula is C47H33N. The van der Waals surface area contributed by atoms with Gasteiger partial charge in [-0.05, 0) is 68.4 Å². The second kappa shape index (κ2) is 11.6. The fourth-order valence-corrected chi connectivity index (χ4v) is 8.00. The van der Waals surface area contributed by atoms with E-state index in [4.69, 9.17) is 0 Å². The summed E-state index contributed by atoms with van der Waals surface area (Å²) >= 11 is 0. The summed E-state index contributed by atoms with van der Waals surface area (Å²) in [6.45, 7) is 0. The predicted molar refractivity (Wildman–Crippen MR) is 201 cm³/mol. The van der Waals surface area contributed by atoms with E-state index < -0.39 is 5.41 Å². The van der Waals surface area contributed by atoms with Crippen LogP contribution in [0.1, 0.15) is 22.3 Å². The first-order valence-electron chi connectivity index (χ1n) is 16.6. The predicted octanol–water partition coefficient (Wildman–Crippen LogP) is 12.3. The van der Waals surface area contributed by atoms with Crippen LogP contribution in [-0.4, -0.2) is 0 Å². The summed E-state index contributed by atoms with van der Waals surface area (Å²) in [6.07, 6.45) is 0. The standard InChI is InChI=1S/C47H33N/c1-5-18-34(19-6-1)39-27-15-16-30-43(39)48(38-25-11-4-12-26-38)44-31-17-29-41-45-40-28-14-13-20-35(40)32-33-42(45)47(46(41)44,36-21-7-2-8-22-36)37-23-9-3-10-24-37/h1-33H. The molecule has 0 atom stereocenters. The Hall–Kier alpha value is -6.18. The highest BCUT2D eigenvalue weighted by Gasteiger charge is 2.49. The van der Waals surface area contributed by atoms with Crippen LogP contribution in [0.5, 0.6) is 0 Å². The lowest BCUT2D eigenvalue weighted by atomic mass is 9.67. The third-order valence-corrected chi connectivity index (χ3v) is 9.92. The van der Waals surface area contributed by atoms with Crippen molar-refractivity contribution < 1.29 is 0 Å². The number of rotatable bonds is 6. The molecule has 8 aromatic carbocycles. The number of nitrogens with zero attached hydrogens (tertiary/aromatic N) is 1. The first-order chi connectivity index (χ1) is 23.9. The molecule has 1 aliphatic carbocycles. The minimum Gasteiger partial charge on any atom is -0.310 e. The molecule has 0 saturated carbocycles. The van der Waals surface area contributed by atoms with Gasteiger partial charge in [0, 0.05) is 16.8 Å². The number of fused-ring (bicyclic) bond motifs is 5. The van der Waals surface area contributed by atoms with E-state index in [1.54, 1.807) is 0 Å². The number of hydrogen-bond acceptors (Lipinski definition) is 1. The maximum Gasteiger partial charge on any atom is 0.0734 e. The van der Waals surface area contributed by atoms with Gasteiger partial charge < -0.3 is 4.90 Å². The van der Waals surface area contributed by atoms with Crippen LogP contribution in [0.2, 0.25) is 0 Å². The number of anilines is 3. The normalized spacial score (nSPS) is 12.8. The molecule has 0 unspecified atom stereocenters. The van der Waals surface area contributed by atoms with E-state index in [-0.39, 0.29) is 0 Å². The fourth-order valence-electron chi connectivity index (χ4n) is 8.00. The third kappa shape index (κ3) is 4.25. The summed E-state index contributed by atoms with van der Waals surface area (Å²) in [7, 11) is 0. The van der Waals surface area contributed by atoms with Gasteiger partial charge in [-0.1, -0.05) is 176 Å². The molecule has 0 N–H and O–H groups in total. The average molecular weight is 612 g/mol. The summed E-state index contributed by atoms with van der Waals surface area (Å²) in [5.41, 5.74) is 12.9. The third-order valence-electron chi connectivity index (χ3n) is 9.92. The number of benzene rings is 8. The van der Waals surface area contributed by atoms with Crippen LogP contribution in [-0.2, 0) is 5.41 Å². The highest BCUT2D eigenvalue weighted by molar-refractivity contribution is 6.06. The van der Waals surface area contributed by atoms with Crippen LogP contribution in [0, 0.1) is 0 Å². The first-order valence-corrected chi connectivity index (χ1v) is 16.6. The molecule has 0 heterocycles. The lowest BCUT2D eigenvalue weighted by molar-refractivity contribution is 0.768. The monoisotopic (exact) mass is 611 g/mol. The van der Waals surface area contributed by atoms with Crippen molar-refractivity contribution in [3.8, 4) is 22.3 Å². The van der Waals surface area contributed by atoms with Gasteiger partial charge in [-0.2, -0.15) is 0 Å². The molecule has 0 aromatic heterocycles. The van der Waals surface area contributed by atoms with Crippen LogP contribution < -0.4 is 4.90 Å². The van der Waals surface area contributed by atoms with Crippen molar-refractivity contribution >= 4 is 27.8 Å². The van der Waals surface area contributed by atoms with Gasteiger partial charge in [-0.25, -0.2) is 0 Å². The maximum absolute atomic E-state index is 2.48. The molecule has 0 amide bonds. The van der Waals surface area contributed by atoms with E-state index in [2.05, 4.69) is 205 Å². The smallest absolute Gasteiger partial charge is 0.0734 e. The first kappa shape index (κ1) is 28.1. The molecule has 0 radical (unpaired) electrons. The quantitative estimate of drug-likeness (QED) is 0.181. The maximum atomic E-state index is 2.48. The van der Waals surface area contributed by atoms with Crippen LogP contribution in [0.15, 0.2) is 200 Å². The van der Waals surface area contributed by atoms with Gasteiger partial charge in [-0.3, -0.25) is 0 Å². The summed E-state index contributed by atoms with van der Waals surface area (Å²) < 4.78 is 0. The minimum atomic E-state index is -0.567. The SMILES string of the molecule is c1ccc(-c2ccccc2N(c2ccccc2)c2cccc3c2C(c2ccccc2)(c2ccccc2)c2ccc4ccccc4c2-3)cc1. The Morgan fingerprint density at radius 1 is 0.375 bits per heavy atom. The molecule has 0 aliphatic heterocycles. The molecule has 8 aromatic rings. The summed E-state index contributed by atoms with van der Waals surface area (Å²) in [5.74, 6) is 0. The molecular weight excluding hydrogens is 579 g/mol. The second-order valence-electron chi connectivity index (χ2n) is 12.4. The lowest BCUT2D eigenvalue weighted by Gasteiger charge is -2.38. The van der Waals surface area contributed by atoms with Crippen molar-refractivity contribution in [3.63, 3.8) is 0 Å². The summed E-state index contributed by atoms with van der Waals surface area (Å²) in [5, 5.41) is 2.52. The van der Waals surface area contributed by atoms with Crippen molar-refractivity contribution in [1.29, 1.82) is 0 Å². The van der Waals surface area contributed by atoms with E-state index in [0.717, 1.165) is 17.1 Å². The Morgan fingerprint density at radius 3 is 1.62 bits per heavy atom. The zero-order valence-electron chi connectivity index (χ0n) is 26.5. The molecule has 1 heteroatoms. The zero-order valence-corrected chi connectivity index (χ0v) is 26.5. The van der Waals surface area contributed by atoms with Gasteiger partial charge in [0.25, 0.3) is 0 Å². The molecule has 0 fully saturated rings. The van der Waals surface area contributed by atoms with Gasteiger partial charge in [0.15, 0.2) is 0 Å². The van der Waals surface area contributed by atoms with E-state index in [9.17, 15) is 0 Å². The van der Waals surface area contributed by atoms with E-state index in [1.807, 2.05) is 0 Å². The van der Waals surface area contributed by atoms with Gasteiger partial charge in [0.2, 0.25) is 0 Å². The molecule has 226 valence electrons. The van der Waals surface area contributed by atoms with Gasteiger partial charge in [-0.15, -0.1) is 0 Å². The molecule has 48 heavy (non-hydrogen) atoms. The largest absolute Gasteiger partial charge is 0.310 e. The average Bonchev–Trinajstić information content (AvgIpc) is 3.49. The molecule has 0 spiro atoms. The van der Waals surface area contributed by atoms with Crippen LogP contribution in [0.25, 0.3) is 33.0 Å². The van der Waals surface area contributed by atoms with E-state index in [0.29, 0.717) is 0 Å². The number of hydrogen-bond donors (Lipinski definition) is 0. The highest BCUT2D eigenvalue weighted by atomic mass is 15.1. The van der Waals surface area contributed by atoms with Crippen LogP contribution >= 0.6 is 0 Å². The molecule has 1 aliphatic rings. The molecule has 9 rings (SSSR count). The zero-order chi connectivity index (χ0) is 31.9. The van der Waals surface area contributed by atoms with Crippen molar-refractivity contribution in [1.82, 2.24) is 0 Å². The highest BCUT2D eigenvalue weighted by Crippen LogP contribution is 2.61. The van der Waals surface area contributed by atoms with Gasteiger partial charge >= 0.3 is 0 Å². The Balaban J connectivity index is 1.46. The second-order valence-corrected chi connectivity index (χ2v) is 12.4. The van der Waals surface area contributed by atoms with E-state index >= 15 is 0 Å². The topological polar surface area (TPSA) is 3.24 Å². The van der Waals surface area contributed by atoms with Crippen LogP contribution in [0.3, 0.4) is 0 Å². The Bertz CT molecular complexity index is 2340. The van der Waals surface area contributed by atoms with Crippen molar-refractivity contribution in [2.45, 2.75) is 5.41 Å². The molecule has 0 saturated heterocycles. The van der Waals surface area contributed by atoms with Gasteiger partial charge in [0.05, 0.1) is 16.8 Å².